The first-order chi connectivity index (χ1) is 6.64. The summed E-state index contributed by atoms with van der Waals surface area (Å²) in [7, 11) is 0. The van der Waals surface area contributed by atoms with E-state index in [1.54, 1.807) is 0 Å². The minimum absolute atomic E-state index is 0.0191. The van der Waals surface area contributed by atoms with Gasteiger partial charge in [0.25, 0.3) is 0 Å². The zero-order valence-corrected chi connectivity index (χ0v) is 9.21. The number of hydrogen-bond donors (Lipinski definition) is 1. The topological polar surface area (TPSA) is 52.3 Å². The highest BCUT2D eigenvalue weighted by atomic mass is 16.5. The van der Waals surface area contributed by atoms with Crippen LogP contribution >= 0.6 is 0 Å². The van der Waals surface area contributed by atoms with Crippen LogP contribution in [0.5, 0.6) is 0 Å². The van der Waals surface area contributed by atoms with Crippen LogP contribution in [0.25, 0.3) is 0 Å². The van der Waals surface area contributed by atoms with Crippen LogP contribution in [0.15, 0.2) is 0 Å². The van der Waals surface area contributed by atoms with Crippen LogP contribution in [-0.2, 0) is 9.53 Å². The van der Waals surface area contributed by atoms with Crippen LogP contribution in [0.2, 0.25) is 0 Å². The Bertz CT molecular complexity index is 195. The van der Waals surface area contributed by atoms with E-state index in [1.165, 1.54) is 0 Å². The Labute approximate surface area is 86.0 Å². The Balaban J connectivity index is 2.62. The smallest absolute Gasteiger partial charge is 0.312 e. The zero-order valence-electron chi connectivity index (χ0n) is 9.21. The molecule has 1 fully saturated rings. The number of esters is 1. The largest absolute Gasteiger partial charge is 0.466 e. The molecule has 82 valence electrons. The van der Waals surface area contributed by atoms with Gasteiger partial charge in [-0.25, -0.2) is 0 Å². The van der Waals surface area contributed by atoms with E-state index in [2.05, 4.69) is 6.92 Å². The molecule has 1 saturated carbocycles. The fourth-order valence-corrected chi connectivity index (χ4v) is 2.18. The highest BCUT2D eigenvalue weighted by Gasteiger charge is 2.40. The molecular weight excluding hydrogens is 178 g/mol. The molecule has 0 unspecified atom stereocenters. The lowest BCUT2D eigenvalue weighted by Crippen LogP contribution is -2.40. The molecule has 3 nitrogen and oxygen atoms in total. The van der Waals surface area contributed by atoms with Crippen LogP contribution in [0.4, 0.5) is 0 Å². The molecule has 1 aliphatic carbocycles. The van der Waals surface area contributed by atoms with Crippen molar-refractivity contribution in [2.45, 2.75) is 52.0 Å². The summed E-state index contributed by atoms with van der Waals surface area (Å²) in [6.45, 7) is 4.40. The molecule has 3 heteroatoms. The van der Waals surface area contributed by atoms with Crippen LogP contribution < -0.4 is 5.73 Å². The predicted molar refractivity (Wildman–Crippen MR) is 55.8 cm³/mol. The second kappa shape index (κ2) is 4.78. The number of carbonyl (C=O) groups is 1. The van der Waals surface area contributed by atoms with Crippen LogP contribution in [0, 0.1) is 5.41 Å². The molecule has 2 N–H and O–H groups in total. The number of rotatable bonds is 3. The van der Waals surface area contributed by atoms with Crippen molar-refractivity contribution in [3.63, 3.8) is 0 Å². The molecule has 0 aliphatic heterocycles. The normalized spacial score (nSPS) is 32.6. The van der Waals surface area contributed by atoms with Gasteiger partial charge in [-0.05, 0) is 39.0 Å². The summed E-state index contributed by atoms with van der Waals surface area (Å²) in [5.41, 5.74) is 5.60. The minimum atomic E-state index is -0.230. The Hall–Kier alpha value is -0.570. The third-order valence-electron chi connectivity index (χ3n) is 3.37. The highest BCUT2D eigenvalue weighted by molar-refractivity contribution is 5.76. The van der Waals surface area contributed by atoms with Gasteiger partial charge in [0.2, 0.25) is 0 Å². The van der Waals surface area contributed by atoms with Crippen molar-refractivity contribution in [2.24, 2.45) is 11.1 Å². The molecule has 0 amide bonds. The predicted octanol–water partition coefficient (Wildman–Crippen LogP) is 1.85. The SMILES string of the molecule is CCOC(=O)[C@]1(CC)CC[C@@H](N)CC1. The third-order valence-corrected chi connectivity index (χ3v) is 3.37. The number of nitrogens with two attached hydrogens (primary N) is 1. The lowest BCUT2D eigenvalue weighted by Gasteiger charge is -2.36. The van der Waals surface area contributed by atoms with E-state index < -0.39 is 0 Å². The van der Waals surface area contributed by atoms with Gasteiger partial charge in [0, 0.05) is 6.04 Å². The molecule has 0 spiro atoms. The molecule has 0 atom stereocenters. The molecule has 0 radical (unpaired) electrons. The number of hydrogen-bond acceptors (Lipinski definition) is 3. The van der Waals surface area contributed by atoms with Crippen LogP contribution in [0.1, 0.15) is 46.0 Å². The van der Waals surface area contributed by atoms with E-state index >= 15 is 0 Å². The fraction of sp³-hybridized carbons (Fsp3) is 0.909. The first kappa shape index (κ1) is 11.5. The molecule has 0 aromatic heterocycles. The highest BCUT2D eigenvalue weighted by Crippen LogP contribution is 2.39. The van der Waals surface area contributed by atoms with E-state index in [1.807, 2.05) is 6.92 Å². The molecule has 1 rings (SSSR count). The summed E-state index contributed by atoms with van der Waals surface area (Å²) in [5.74, 6) is -0.0191. The van der Waals surface area contributed by atoms with Crippen molar-refractivity contribution in [1.29, 1.82) is 0 Å². The lowest BCUT2D eigenvalue weighted by atomic mass is 9.71. The van der Waals surface area contributed by atoms with Gasteiger partial charge in [-0.3, -0.25) is 4.79 Å². The van der Waals surface area contributed by atoms with Crippen molar-refractivity contribution in [1.82, 2.24) is 0 Å². The van der Waals surface area contributed by atoms with E-state index in [9.17, 15) is 4.79 Å². The van der Waals surface area contributed by atoms with Crippen molar-refractivity contribution in [2.75, 3.05) is 6.61 Å². The van der Waals surface area contributed by atoms with E-state index in [4.69, 9.17) is 10.5 Å². The first-order valence-electron chi connectivity index (χ1n) is 5.57. The maximum atomic E-state index is 11.8. The Morgan fingerprint density at radius 1 is 1.43 bits per heavy atom. The van der Waals surface area contributed by atoms with Gasteiger partial charge in [0.1, 0.15) is 0 Å². The molecular formula is C11H21NO2. The van der Waals surface area contributed by atoms with Gasteiger partial charge in [0.05, 0.1) is 12.0 Å². The molecule has 14 heavy (non-hydrogen) atoms. The van der Waals surface area contributed by atoms with Crippen LogP contribution in [0.3, 0.4) is 0 Å². The number of carbonyl (C=O) groups excluding carboxylic acids is 1. The summed E-state index contributed by atoms with van der Waals surface area (Å²) in [4.78, 5) is 11.8. The molecule has 1 aliphatic rings. The average molecular weight is 199 g/mol. The van der Waals surface area contributed by atoms with Gasteiger partial charge < -0.3 is 10.5 Å². The van der Waals surface area contributed by atoms with E-state index in [0.717, 1.165) is 32.1 Å². The zero-order chi connectivity index (χ0) is 10.6. The van der Waals surface area contributed by atoms with Gasteiger partial charge in [0.15, 0.2) is 0 Å². The maximum Gasteiger partial charge on any atom is 0.312 e. The van der Waals surface area contributed by atoms with Gasteiger partial charge in [-0.1, -0.05) is 6.92 Å². The quantitative estimate of drug-likeness (QED) is 0.706. The maximum absolute atomic E-state index is 11.8. The molecule has 0 heterocycles. The summed E-state index contributed by atoms with van der Waals surface area (Å²) in [5, 5.41) is 0. The molecule has 0 aromatic rings. The summed E-state index contributed by atoms with van der Waals surface area (Å²) >= 11 is 0. The summed E-state index contributed by atoms with van der Waals surface area (Å²) < 4.78 is 5.13. The summed E-state index contributed by atoms with van der Waals surface area (Å²) in [6.07, 6.45) is 4.56. The van der Waals surface area contributed by atoms with Gasteiger partial charge >= 0.3 is 5.97 Å². The first-order valence-corrected chi connectivity index (χ1v) is 5.57. The van der Waals surface area contributed by atoms with Crippen LogP contribution in [-0.4, -0.2) is 18.6 Å². The fourth-order valence-electron chi connectivity index (χ4n) is 2.18. The average Bonchev–Trinajstić information content (AvgIpc) is 2.20. The third kappa shape index (κ3) is 2.27. The van der Waals surface area contributed by atoms with Gasteiger partial charge in [-0.2, -0.15) is 0 Å². The van der Waals surface area contributed by atoms with Crippen molar-refractivity contribution in [3.8, 4) is 0 Å². The Morgan fingerprint density at radius 3 is 2.43 bits per heavy atom. The van der Waals surface area contributed by atoms with E-state index in [0.29, 0.717) is 6.61 Å². The summed E-state index contributed by atoms with van der Waals surface area (Å²) in [6, 6.07) is 0.282. The molecule has 0 bridgehead atoms. The second-order valence-electron chi connectivity index (χ2n) is 4.19. The monoisotopic (exact) mass is 199 g/mol. The van der Waals surface area contributed by atoms with Crippen molar-refractivity contribution in [3.05, 3.63) is 0 Å². The van der Waals surface area contributed by atoms with Gasteiger partial charge in [-0.15, -0.1) is 0 Å². The second-order valence-corrected chi connectivity index (χ2v) is 4.19. The molecule has 0 saturated heterocycles. The van der Waals surface area contributed by atoms with Crippen molar-refractivity contribution >= 4 is 5.97 Å². The lowest BCUT2D eigenvalue weighted by molar-refractivity contribution is -0.158. The standard InChI is InChI=1S/C11H21NO2/c1-3-11(10(13)14-4-2)7-5-9(12)6-8-11/h9H,3-8,12H2,1-2H3/t9-,11-. The number of ether oxygens (including phenoxy) is 1. The van der Waals surface area contributed by atoms with Crippen molar-refractivity contribution < 1.29 is 9.53 Å². The Kier molecular flexibility index (Phi) is 3.93. The Morgan fingerprint density at radius 2 is 2.00 bits per heavy atom. The molecule has 0 aromatic carbocycles. The minimum Gasteiger partial charge on any atom is -0.466 e. The van der Waals surface area contributed by atoms with E-state index in [-0.39, 0.29) is 17.4 Å².